The molecule has 0 spiro atoms. The lowest BCUT2D eigenvalue weighted by Gasteiger charge is -2.15. The molecule has 0 bridgehead atoms. The molecule has 114 valence electrons. The first-order valence-electron chi connectivity index (χ1n) is 6.77. The van der Waals surface area contributed by atoms with E-state index in [2.05, 4.69) is 4.72 Å². The van der Waals surface area contributed by atoms with Gasteiger partial charge in [0.2, 0.25) is 10.0 Å². The predicted molar refractivity (Wildman–Crippen MR) is 79.9 cm³/mol. The zero-order valence-electron chi connectivity index (χ0n) is 12.3. The lowest BCUT2D eigenvalue weighted by atomic mass is 10.1. The molecule has 0 fully saturated rings. The lowest BCUT2D eigenvalue weighted by Crippen LogP contribution is -2.33. The number of ether oxygens (including phenoxy) is 1. The predicted octanol–water partition coefficient (Wildman–Crippen LogP) is 1.80. The summed E-state index contributed by atoms with van der Waals surface area (Å²) >= 11 is 0. The van der Waals surface area contributed by atoms with Gasteiger partial charge in [0.05, 0.1) is 4.90 Å². The van der Waals surface area contributed by atoms with Crippen LogP contribution in [-0.2, 0) is 14.8 Å². The standard InChI is InChI=1S/C14H24N2O3S/c1-4-14(15)12-6-5-7-13(10-12)20(17,18)16-11(2)8-9-19-3/h5-7,10-11,14,16H,4,8-9,15H2,1-3H3. The fraction of sp³-hybridized carbons (Fsp3) is 0.571. The molecular weight excluding hydrogens is 276 g/mol. The van der Waals surface area contributed by atoms with Crippen LogP contribution in [0.4, 0.5) is 0 Å². The normalized spacial score (nSPS) is 15.0. The topological polar surface area (TPSA) is 81.4 Å². The lowest BCUT2D eigenvalue weighted by molar-refractivity contribution is 0.188. The molecule has 3 N–H and O–H groups in total. The maximum Gasteiger partial charge on any atom is 0.240 e. The van der Waals surface area contributed by atoms with Crippen molar-refractivity contribution in [1.29, 1.82) is 0 Å². The molecule has 0 heterocycles. The summed E-state index contributed by atoms with van der Waals surface area (Å²) in [6.07, 6.45) is 1.39. The molecule has 6 heteroatoms. The summed E-state index contributed by atoms with van der Waals surface area (Å²) in [6.45, 7) is 4.31. The summed E-state index contributed by atoms with van der Waals surface area (Å²) < 4.78 is 32.1. The summed E-state index contributed by atoms with van der Waals surface area (Å²) in [6, 6.07) is 6.47. The van der Waals surface area contributed by atoms with Crippen molar-refractivity contribution in [3.63, 3.8) is 0 Å². The van der Waals surface area contributed by atoms with Gasteiger partial charge in [-0.25, -0.2) is 13.1 Å². The van der Waals surface area contributed by atoms with Crippen LogP contribution in [0.15, 0.2) is 29.2 Å². The van der Waals surface area contributed by atoms with Crippen LogP contribution in [0.5, 0.6) is 0 Å². The number of methoxy groups -OCH3 is 1. The van der Waals surface area contributed by atoms with Crippen molar-refractivity contribution in [2.75, 3.05) is 13.7 Å². The Morgan fingerprint density at radius 1 is 1.40 bits per heavy atom. The Morgan fingerprint density at radius 2 is 2.10 bits per heavy atom. The van der Waals surface area contributed by atoms with Gasteiger partial charge in [-0.2, -0.15) is 0 Å². The number of nitrogens with one attached hydrogen (secondary N) is 1. The maximum absolute atomic E-state index is 12.3. The Balaban J connectivity index is 2.87. The zero-order valence-corrected chi connectivity index (χ0v) is 13.1. The monoisotopic (exact) mass is 300 g/mol. The Morgan fingerprint density at radius 3 is 2.70 bits per heavy atom. The molecule has 0 saturated heterocycles. The molecule has 0 aromatic heterocycles. The molecule has 20 heavy (non-hydrogen) atoms. The molecule has 1 rings (SSSR count). The third-order valence-corrected chi connectivity index (χ3v) is 4.73. The van der Waals surface area contributed by atoms with Gasteiger partial charge in [0.1, 0.15) is 0 Å². The first-order valence-corrected chi connectivity index (χ1v) is 8.25. The van der Waals surface area contributed by atoms with E-state index in [1.54, 1.807) is 25.3 Å². The molecule has 2 unspecified atom stereocenters. The van der Waals surface area contributed by atoms with Gasteiger partial charge in [-0.3, -0.25) is 0 Å². The van der Waals surface area contributed by atoms with Crippen LogP contribution >= 0.6 is 0 Å². The Bertz CT molecular complexity index is 517. The van der Waals surface area contributed by atoms with Crippen molar-refractivity contribution < 1.29 is 13.2 Å². The number of benzene rings is 1. The number of sulfonamides is 1. The SMILES string of the molecule is CCC(N)c1cccc(S(=O)(=O)NC(C)CCOC)c1. The zero-order chi connectivity index (χ0) is 15.2. The van der Waals surface area contributed by atoms with Crippen LogP contribution in [0.3, 0.4) is 0 Å². The Kier molecular flexibility index (Phi) is 6.61. The number of hydrogen-bond acceptors (Lipinski definition) is 4. The van der Waals surface area contributed by atoms with E-state index in [0.717, 1.165) is 12.0 Å². The van der Waals surface area contributed by atoms with Gasteiger partial charge < -0.3 is 10.5 Å². The van der Waals surface area contributed by atoms with Gasteiger partial charge in [-0.15, -0.1) is 0 Å². The van der Waals surface area contributed by atoms with Crippen LogP contribution in [0, 0.1) is 0 Å². The van der Waals surface area contributed by atoms with Gasteiger partial charge in [-0.05, 0) is 37.5 Å². The van der Waals surface area contributed by atoms with E-state index in [4.69, 9.17) is 10.5 Å². The van der Waals surface area contributed by atoms with E-state index in [1.165, 1.54) is 0 Å². The summed E-state index contributed by atoms with van der Waals surface area (Å²) in [5.74, 6) is 0. The highest BCUT2D eigenvalue weighted by Crippen LogP contribution is 2.18. The number of hydrogen-bond donors (Lipinski definition) is 2. The molecule has 1 aromatic carbocycles. The van der Waals surface area contributed by atoms with Crippen molar-refractivity contribution in [2.45, 2.75) is 43.7 Å². The van der Waals surface area contributed by atoms with Crippen LogP contribution in [0.25, 0.3) is 0 Å². The molecule has 0 aliphatic heterocycles. The van der Waals surface area contributed by atoms with Crippen LogP contribution < -0.4 is 10.5 Å². The Hall–Kier alpha value is -0.950. The highest BCUT2D eigenvalue weighted by Gasteiger charge is 2.18. The van der Waals surface area contributed by atoms with Gasteiger partial charge in [0, 0.05) is 25.8 Å². The van der Waals surface area contributed by atoms with Crippen LogP contribution in [0.2, 0.25) is 0 Å². The first kappa shape index (κ1) is 17.1. The minimum Gasteiger partial charge on any atom is -0.385 e. The van der Waals surface area contributed by atoms with Gasteiger partial charge in [-0.1, -0.05) is 19.1 Å². The Labute approximate surface area is 121 Å². The molecule has 5 nitrogen and oxygen atoms in total. The molecule has 1 aromatic rings. The largest absolute Gasteiger partial charge is 0.385 e. The third-order valence-electron chi connectivity index (χ3n) is 3.15. The van der Waals surface area contributed by atoms with E-state index in [0.29, 0.717) is 13.0 Å². The van der Waals surface area contributed by atoms with Crippen LogP contribution in [0.1, 0.15) is 38.3 Å². The molecule has 0 radical (unpaired) electrons. The number of nitrogens with two attached hydrogens (primary N) is 1. The first-order chi connectivity index (χ1) is 9.40. The molecule has 0 amide bonds. The van der Waals surface area contributed by atoms with Crippen molar-refractivity contribution in [2.24, 2.45) is 5.73 Å². The van der Waals surface area contributed by atoms with E-state index in [1.807, 2.05) is 19.9 Å². The fourth-order valence-corrected chi connectivity index (χ4v) is 3.17. The highest BCUT2D eigenvalue weighted by atomic mass is 32.2. The summed E-state index contributed by atoms with van der Waals surface area (Å²) in [7, 11) is -1.92. The maximum atomic E-state index is 12.3. The second kappa shape index (κ2) is 7.73. The van der Waals surface area contributed by atoms with Gasteiger partial charge >= 0.3 is 0 Å². The van der Waals surface area contributed by atoms with Crippen molar-refractivity contribution in [3.05, 3.63) is 29.8 Å². The minimum atomic E-state index is -3.52. The second-order valence-corrected chi connectivity index (χ2v) is 6.61. The molecular formula is C14H24N2O3S. The second-order valence-electron chi connectivity index (χ2n) is 4.89. The fourth-order valence-electron chi connectivity index (χ4n) is 1.83. The van der Waals surface area contributed by atoms with Crippen molar-refractivity contribution >= 4 is 10.0 Å². The average Bonchev–Trinajstić information content (AvgIpc) is 2.44. The van der Waals surface area contributed by atoms with Crippen molar-refractivity contribution in [3.8, 4) is 0 Å². The summed E-state index contributed by atoms with van der Waals surface area (Å²) in [5.41, 5.74) is 6.77. The van der Waals surface area contributed by atoms with E-state index < -0.39 is 10.0 Å². The van der Waals surface area contributed by atoms with Crippen LogP contribution in [-0.4, -0.2) is 28.2 Å². The minimum absolute atomic E-state index is 0.143. The van der Waals surface area contributed by atoms with E-state index in [-0.39, 0.29) is 17.0 Å². The number of rotatable bonds is 8. The van der Waals surface area contributed by atoms with E-state index in [9.17, 15) is 8.42 Å². The average molecular weight is 300 g/mol. The quantitative estimate of drug-likeness (QED) is 0.767. The molecule has 0 saturated carbocycles. The van der Waals surface area contributed by atoms with Crippen molar-refractivity contribution in [1.82, 2.24) is 4.72 Å². The summed E-state index contributed by atoms with van der Waals surface area (Å²) in [5, 5.41) is 0. The molecule has 0 aliphatic carbocycles. The highest BCUT2D eigenvalue weighted by molar-refractivity contribution is 7.89. The molecule has 2 atom stereocenters. The van der Waals surface area contributed by atoms with Gasteiger partial charge in [0.15, 0.2) is 0 Å². The summed E-state index contributed by atoms with van der Waals surface area (Å²) in [4.78, 5) is 0.253. The van der Waals surface area contributed by atoms with E-state index >= 15 is 0 Å². The van der Waals surface area contributed by atoms with Gasteiger partial charge in [0.25, 0.3) is 0 Å². The third kappa shape index (κ3) is 4.86. The molecule has 0 aliphatic rings. The smallest absolute Gasteiger partial charge is 0.240 e.